The Hall–Kier alpha value is -2.50. The van der Waals surface area contributed by atoms with E-state index in [2.05, 4.69) is 10.2 Å². The van der Waals surface area contributed by atoms with Crippen LogP contribution in [0.3, 0.4) is 0 Å². The van der Waals surface area contributed by atoms with Crippen LogP contribution < -0.4 is 33.9 Å². The number of halogens is 8. The molecule has 42 heavy (non-hydrogen) atoms. The van der Waals surface area contributed by atoms with Gasteiger partial charge in [0.15, 0.2) is 5.60 Å². The summed E-state index contributed by atoms with van der Waals surface area (Å²) < 4.78 is 35.2. The molecule has 0 amide bonds. The van der Waals surface area contributed by atoms with Crippen LogP contribution in [-0.4, -0.2) is 24.7 Å². The van der Waals surface area contributed by atoms with Crippen molar-refractivity contribution in [2.75, 3.05) is 0 Å². The molecule has 0 aliphatic rings. The lowest BCUT2D eigenvalue weighted by Gasteiger charge is -2.24. The van der Waals surface area contributed by atoms with Gasteiger partial charge in [-0.1, -0.05) is 64.6 Å². The second-order valence-electron chi connectivity index (χ2n) is 9.36. The molecule has 2 aromatic heterocycles. The maximum Gasteiger partial charge on any atom is 0.265 e. The lowest BCUT2D eigenvalue weighted by atomic mass is 9.93. The summed E-state index contributed by atoms with van der Waals surface area (Å²) in [7, 11) is 0. The Kier molecular flexibility index (Phi) is 11.6. The van der Waals surface area contributed by atoms with Crippen LogP contribution in [0.25, 0.3) is 0 Å². The van der Waals surface area contributed by atoms with Crippen LogP contribution in [0.1, 0.15) is 16.7 Å². The maximum atomic E-state index is 15.0. The number of nitrogens with zero attached hydrogens (tertiary/aromatic N) is 6. The molecular formula is C27H22Cl6F2N6O. The minimum absolute atomic E-state index is 0. The summed E-state index contributed by atoms with van der Waals surface area (Å²) in [5, 5.41) is 22.6. The predicted octanol–water partition coefficient (Wildman–Crippen LogP) is -0.761. The Morgan fingerprint density at radius 3 is 1.62 bits per heavy atom. The van der Waals surface area contributed by atoms with Crippen molar-refractivity contribution in [3.05, 3.63) is 128 Å². The van der Waals surface area contributed by atoms with Gasteiger partial charge >= 0.3 is 0 Å². The molecule has 0 atom stereocenters. The van der Waals surface area contributed by atoms with Crippen LogP contribution in [0.5, 0.6) is 0 Å². The van der Waals surface area contributed by atoms with E-state index < -0.39 is 17.2 Å². The van der Waals surface area contributed by atoms with Crippen molar-refractivity contribution >= 4 is 46.4 Å². The van der Waals surface area contributed by atoms with Crippen molar-refractivity contribution in [2.45, 2.75) is 31.8 Å². The molecule has 0 radical (unpaired) electrons. The van der Waals surface area contributed by atoms with Crippen molar-refractivity contribution in [1.82, 2.24) is 19.6 Å². The van der Waals surface area contributed by atoms with E-state index in [1.54, 1.807) is 58.7 Å². The summed E-state index contributed by atoms with van der Waals surface area (Å²) in [6.45, 7) is 0.483. The topological polar surface area (TPSA) is 63.6 Å². The van der Waals surface area contributed by atoms with Crippen molar-refractivity contribution < 1.29 is 47.8 Å². The first-order chi connectivity index (χ1) is 19.1. The predicted molar refractivity (Wildman–Crippen MR) is 146 cm³/mol. The molecular weight excluding hydrogens is 675 g/mol. The fraction of sp³-hybridized carbons (Fsp3) is 0.185. The van der Waals surface area contributed by atoms with Gasteiger partial charge in [-0.2, -0.15) is 0 Å². The Labute approximate surface area is 272 Å². The van der Waals surface area contributed by atoms with Gasteiger partial charge in [0, 0.05) is 53.0 Å². The van der Waals surface area contributed by atoms with Crippen LogP contribution >= 0.6 is 46.4 Å². The van der Waals surface area contributed by atoms with Crippen LogP contribution in [0, 0.1) is 11.6 Å². The average molecular weight is 697 g/mol. The van der Waals surface area contributed by atoms with Crippen LogP contribution in [0.2, 0.25) is 20.1 Å². The number of rotatable bonds is 9. The van der Waals surface area contributed by atoms with Gasteiger partial charge in [0.05, 0.1) is 13.1 Å². The molecule has 7 nitrogen and oxygen atoms in total. The first-order valence-corrected chi connectivity index (χ1v) is 13.5. The smallest absolute Gasteiger partial charge is 0.265 e. The third-order valence-corrected chi connectivity index (χ3v) is 7.45. The maximum absolute atomic E-state index is 15.0. The van der Waals surface area contributed by atoms with Gasteiger partial charge < -0.3 is 29.9 Å². The van der Waals surface area contributed by atoms with E-state index in [4.69, 9.17) is 46.4 Å². The number of aliphatic hydroxyl groups is 1. The minimum Gasteiger partial charge on any atom is -1.00 e. The minimum atomic E-state index is -1.85. The largest absolute Gasteiger partial charge is 1.00 e. The summed E-state index contributed by atoms with van der Waals surface area (Å²) in [4.78, 5) is 0. The van der Waals surface area contributed by atoms with Gasteiger partial charge in [-0.05, 0) is 30.3 Å². The van der Waals surface area contributed by atoms with Gasteiger partial charge in [-0.15, -0.1) is 9.36 Å². The Bertz CT molecular complexity index is 1590. The summed E-state index contributed by atoms with van der Waals surface area (Å²) in [5.41, 5.74) is -0.310. The third kappa shape index (κ3) is 8.11. The van der Waals surface area contributed by atoms with E-state index in [-0.39, 0.29) is 43.5 Å². The van der Waals surface area contributed by atoms with Gasteiger partial charge in [-0.3, -0.25) is 0 Å². The summed E-state index contributed by atoms with van der Waals surface area (Å²) >= 11 is 24.6. The first kappa shape index (κ1) is 34.0. The van der Waals surface area contributed by atoms with E-state index in [1.807, 2.05) is 12.1 Å². The molecule has 0 aliphatic carbocycles. The molecule has 0 saturated carbocycles. The highest BCUT2D eigenvalue weighted by Gasteiger charge is 2.39. The molecule has 222 valence electrons. The summed E-state index contributed by atoms with van der Waals surface area (Å²) in [6, 6.07) is 13.4. The van der Waals surface area contributed by atoms with Crippen molar-refractivity contribution in [3.8, 4) is 0 Å². The Balaban J connectivity index is 0.00000242. The van der Waals surface area contributed by atoms with Crippen molar-refractivity contribution in [1.29, 1.82) is 0 Å². The number of hydrogen-bond donors (Lipinski definition) is 1. The fourth-order valence-corrected chi connectivity index (χ4v) is 5.31. The van der Waals surface area contributed by atoms with E-state index in [9.17, 15) is 13.9 Å². The highest BCUT2D eigenvalue weighted by molar-refractivity contribution is 6.35. The van der Waals surface area contributed by atoms with Gasteiger partial charge in [0.1, 0.15) is 24.7 Å². The zero-order valence-corrected chi connectivity index (χ0v) is 26.0. The van der Waals surface area contributed by atoms with Crippen LogP contribution in [-0.2, 0) is 31.8 Å². The highest BCUT2D eigenvalue weighted by Crippen LogP contribution is 2.28. The fourth-order valence-electron chi connectivity index (χ4n) is 4.37. The summed E-state index contributed by atoms with van der Waals surface area (Å²) in [5.74, 6) is -1.64. The zero-order valence-electron chi connectivity index (χ0n) is 21.5. The molecule has 2 heterocycles. The van der Waals surface area contributed by atoms with Crippen molar-refractivity contribution in [2.24, 2.45) is 0 Å². The molecule has 0 unspecified atom stereocenters. The van der Waals surface area contributed by atoms with E-state index in [0.29, 0.717) is 33.2 Å². The molecule has 1 N–H and O–H groups in total. The monoisotopic (exact) mass is 694 g/mol. The standard InChI is InChI=1S/C27H22Cl4F2N6O.2ClH/c28-20-3-1-18(24(30)7-20)10-36-14-34-38(16-36)12-27(40,23-6-5-22(32)9-26(23)33)13-39-17-37(15-35-39)11-19-2-4-21(29)8-25(19)31;;/h1-9,14-17,40H,10-13H2;2*1H/q+2;;/p-2. The highest BCUT2D eigenvalue weighted by atomic mass is 35.5. The SMILES string of the molecule is OC(Cn1c[n+](Cc2ccc(Cl)cc2Cl)cn1)(Cn1c[n+](Cc2ccc(Cl)cc2Cl)cn1)c1ccc(F)cc1F.[Cl-].[Cl-]. The average Bonchev–Trinajstić information content (AvgIpc) is 3.51. The third-order valence-electron chi connectivity index (χ3n) is 6.28. The first-order valence-electron chi connectivity index (χ1n) is 12.0. The van der Waals surface area contributed by atoms with Crippen molar-refractivity contribution in [3.63, 3.8) is 0 Å². The molecule has 0 fully saturated rings. The van der Waals surface area contributed by atoms with Gasteiger partial charge in [0.25, 0.3) is 12.7 Å². The normalized spacial score (nSPS) is 11.2. The summed E-state index contributed by atoms with van der Waals surface area (Å²) in [6.07, 6.45) is 6.43. The number of hydrogen-bond acceptors (Lipinski definition) is 3. The molecule has 3 aromatic carbocycles. The quantitative estimate of drug-likeness (QED) is 0.206. The van der Waals surface area contributed by atoms with E-state index in [1.165, 1.54) is 15.4 Å². The molecule has 0 spiro atoms. The van der Waals surface area contributed by atoms with Crippen LogP contribution in [0.4, 0.5) is 8.78 Å². The molecule has 0 aliphatic heterocycles. The second kappa shape index (κ2) is 14.3. The van der Waals surface area contributed by atoms with E-state index >= 15 is 0 Å². The van der Waals surface area contributed by atoms with Crippen LogP contribution in [0.15, 0.2) is 79.9 Å². The number of benzene rings is 3. The molecule has 5 rings (SSSR count). The Morgan fingerprint density at radius 2 is 1.19 bits per heavy atom. The molecule has 0 bridgehead atoms. The lowest BCUT2D eigenvalue weighted by molar-refractivity contribution is -0.689. The number of aromatic nitrogens is 6. The zero-order chi connectivity index (χ0) is 28.4. The van der Waals surface area contributed by atoms with Gasteiger partial charge in [0.2, 0.25) is 12.7 Å². The molecule has 15 heteroatoms. The van der Waals surface area contributed by atoms with E-state index in [0.717, 1.165) is 23.3 Å². The Morgan fingerprint density at radius 1 is 0.714 bits per heavy atom. The second-order valence-corrected chi connectivity index (χ2v) is 11.0. The molecule has 5 aromatic rings. The molecule has 0 saturated heterocycles. The lowest BCUT2D eigenvalue weighted by Crippen LogP contribution is -3.00. The van der Waals surface area contributed by atoms with Gasteiger partial charge in [-0.25, -0.2) is 17.9 Å².